The lowest BCUT2D eigenvalue weighted by Crippen LogP contribution is -2.12. The highest BCUT2D eigenvalue weighted by Gasteiger charge is 2.17. The quantitative estimate of drug-likeness (QED) is 0.729. The Balaban J connectivity index is 2.34. The predicted molar refractivity (Wildman–Crippen MR) is 60.9 cm³/mol. The standard InChI is InChI=1S/C10H12Cl2N2/c11-7-4-6(5-8(12)10(7)13)9-2-1-3-14-9/h4-5,9,14H,1-3,13H2. The Labute approximate surface area is 93.4 Å². The van der Waals surface area contributed by atoms with Gasteiger partial charge in [-0.2, -0.15) is 0 Å². The summed E-state index contributed by atoms with van der Waals surface area (Å²) in [6.07, 6.45) is 2.33. The molecule has 4 heteroatoms. The summed E-state index contributed by atoms with van der Waals surface area (Å²) in [7, 11) is 0. The first-order chi connectivity index (χ1) is 6.68. The van der Waals surface area contributed by atoms with Crippen LogP contribution in [0.2, 0.25) is 10.0 Å². The van der Waals surface area contributed by atoms with Crippen LogP contribution in [0.5, 0.6) is 0 Å². The first-order valence-corrected chi connectivity index (χ1v) is 5.42. The van der Waals surface area contributed by atoms with Gasteiger partial charge in [0.05, 0.1) is 15.7 Å². The normalized spacial score (nSPS) is 21.4. The van der Waals surface area contributed by atoms with Crippen molar-refractivity contribution in [3.63, 3.8) is 0 Å². The van der Waals surface area contributed by atoms with Crippen LogP contribution < -0.4 is 11.1 Å². The molecule has 1 aliphatic heterocycles. The molecule has 14 heavy (non-hydrogen) atoms. The van der Waals surface area contributed by atoms with Crippen LogP contribution in [0.1, 0.15) is 24.4 Å². The van der Waals surface area contributed by atoms with Crippen molar-refractivity contribution in [2.45, 2.75) is 18.9 Å². The second-order valence-electron chi connectivity index (χ2n) is 3.55. The van der Waals surface area contributed by atoms with Gasteiger partial charge in [-0.1, -0.05) is 23.2 Å². The van der Waals surface area contributed by atoms with Gasteiger partial charge in [-0.3, -0.25) is 0 Å². The van der Waals surface area contributed by atoms with Crippen molar-refractivity contribution in [1.29, 1.82) is 0 Å². The predicted octanol–water partition coefficient (Wildman–Crippen LogP) is 3.00. The average molecular weight is 231 g/mol. The molecule has 0 aliphatic carbocycles. The molecule has 0 aromatic heterocycles. The molecule has 1 atom stereocenters. The molecular formula is C10H12Cl2N2. The maximum absolute atomic E-state index is 5.96. The summed E-state index contributed by atoms with van der Waals surface area (Å²) in [6, 6.07) is 4.17. The van der Waals surface area contributed by atoms with Crippen LogP contribution in [0.4, 0.5) is 5.69 Å². The second kappa shape index (κ2) is 3.97. The number of rotatable bonds is 1. The van der Waals surface area contributed by atoms with Gasteiger partial charge in [0.15, 0.2) is 0 Å². The van der Waals surface area contributed by atoms with E-state index in [1.54, 1.807) is 0 Å². The molecule has 1 aromatic rings. The van der Waals surface area contributed by atoms with E-state index in [9.17, 15) is 0 Å². The van der Waals surface area contributed by atoms with Crippen LogP contribution >= 0.6 is 23.2 Å². The summed E-state index contributed by atoms with van der Waals surface area (Å²) in [5.41, 5.74) is 7.26. The maximum Gasteiger partial charge on any atom is 0.0693 e. The highest BCUT2D eigenvalue weighted by Crippen LogP contribution is 2.33. The molecule has 0 spiro atoms. The van der Waals surface area contributed by atoms with Crippen LogP contribution in [0.3, 0.4) is 0 Å². The topological polar surface area (TPSA) is 38.0 Å². The summed E-state index contributed by atoms with van der Waals surface area (Å²) in [6.45, 7) is 1.06. The summed E-state index contributed by atoms with van der Waals surface area (Å²) in [4.78, 5) is 0. The fourth-order valence-electron chi connectivity index (χ4n) is 1.77. The molecule has 2 rings (SSSR count). The minimum Gasteiger partial charge on any atom is -0.396 e. The Morgan fingerprint density at radius 3 is 2.43 bits per heavy atom. The summed E-state index contributed by atoms with van der Waals surface area (Å²) in [5.74, 6) is 0. The van der Waals surface area contributed by atoms with Crippen molar-refractivity contribution >= 4 is 28.9 Å². The number of nitrogens with one attached hydrogen (secondary N) is 1. The zero-order chi connectivity index (χ0) is 10.1. The van der Waals surface area contributed by atoms with Gasteiger partial charge in [0.2, 0.25) is 0 Å². The van der Waals surface area contributed by atoms with Crippen molar-refractivity contribution in [2.24, 2.45) is 0 Å². The largest absolute Gasteiger partial charge is 0.396 e. The van der Waals surface area contributed by atoms with Crippen LogP contribution in [0.25, 0.3) is 0 Å². The molecule has 1 aromatic carbocycles. The molecule has 0 saturated carbocycles. The Morgan fingerprint density at radius 2 is 1.93 bits per heavy atom. The first kappa shape index (κ1) is 10.1. The van der Waals surface area contributed by atoms with Crippen LogP contribution in [-0.2, 0) is 0 Å². The molecule has 1 saturated heterocycles. The Hall–Kier alpha value is -0.440. The van der Waals surface area contributed by atoms with Crippen LogP contribution in [0.15, 0.2) is 12.1 Å². The van der Waals surface area contributed by atoms with E-state index in [2.05, 4.69) is 5.32 Å². The van der Waals surface area contributed by atoms with Crippen molar-refractivity contribution in [2.75, 3.05) is 12.3 Å². The molecule has 0 radical (unpaired) electrons. The SMILES string of the molecule is Nc1c(Cl)cc(C2CCCN2)cc1Cl. The smallest absolute Gasteiger partial charge is 0.0693 e. The molecule has 76 valence electrons. The van der Waals surface area contributed by atoms with E-state index in [4.69, 9.17) is 28.9 Å². The molecule has 1 heterocycles. The Kier molecular flexibility index (Phi) is 2.86. The van der Waals surface area contributed by atoms with Gasteiger partial charge in [0.25, 0.3) is 0 Å². The molecule has 1 aliphatic rings. The number of nitrogens with two attached hydrogens (primary N) is 1. The van der Waals surface area contributed by atoms with E-state index >= 15 is 0 Å². The third kappa shape index (κ3) is 1.83. The zero-order valence-electron chi connectivity index (χ0n) is 7.69. The van der Waals surface area contributed by atoms with Gasteiger partial charge in [-0.15, -0.1) is 0 Å². The molecule has 0 amide bonds. The second-order valence-corrected chi connectivity index (χ2v) is 4.36. The Bertz CT molecular complexity index is 323. The monoisotopic (exact) mass is 230 g/mol. The molecule has 1 unspecified atom stereocenters. The molecular weight excluding hydrogens is 219 g/mol. The Morgan fingerprint density at radius 1 is 1.29 bits per heavy atom. The molecule has 2 nitrogen and oxygen atoms in total. The zero-order valence-corrected chi connectivity index (χ0v) is 9.20. The van der Waals surface area contributed by atoms with E-state index in [1.165, 1.54) is 6.42 Å². The highest BCUT2D eigenvalue weighted by atomic mass is 35.5. The van der Waals surface area contributed by atoms with E-state index in [-0.39, 0.29) is 0 Å². The minimum absolute atomic E-state index is 0.380. The van der Waals surface area contributed by atoms with Crippen LogP contribution in [-0.4, -0.2) is 6.54 Å². The molecule has 3 N–H and O–H groups in total. The molecule has 1 fully saturated rings. The van der Waals surface area contributed by atoms with E-state index in [0.717, 1.165) is 18.5 Å². The number of hydrogen-bond acceptors (Lipinski definition) is 2. The van der Waals surface area contributed by atoms with Gasteiger partial charge >= 0.3 is 0 Å². The third-order valence-corrected chi connectivity index (χ3v) is 3.19. The van der Waals surface area contributed by atoms with Gasteiger partial charge in [-0.05, 0) is 37.1 Å². The van der Waals surface area contributed by atoms with E-state index in [1.807, 2.05) is 12.1 Å². The van der Waals surface area contributed by atoms with Crippen molar-refractivity contribution in [3.8, 4) is 0 Å². The average Bonchev–Trinajstić information content (AvgIpc) is 2.66. The van der Waals surface area contributed by atoms with E-state index < -0.39 is 0 Å². The van der Waals surface area contributed by atoms with Crippen molar-refractivity contribution in [1.82, 2.24) is 5.32 Å². The van der Waals surface area contributed by atoms with Gasteiger partial charge in [-0.25, -0.2) is 0 Å². The summed E-state index contributed by atoms with van der Waals surface area (Å²) in [5, 5.41) is 4.47. The maximum atomic E-state index is 5.96. The number of halogens is 2. The first-order valence-electron chi connectivity index (χ1n) is 4.66. The van der Waals surface area contributed by atoms with Gasteiger partial charge in [0.1, 0.15) is 0 Å². The number of anilines is 1. The van der Waals surface area contributed by atoms with Crippen LogP contribution in [0, 0.1) is 0 Å². The number of hydrogen-bond donors (Lipinski definition) is 2. The number of benzene rings is 1. The number of nitrogen functional groups attached to an aromatic ring is 1. The van der Waals surface area contributed by atoms with Gasteiger partial charge < -0.3 is 11.1 Å². The van der Waals surface area contributed by atoms with Crippen molar-refractivity contribution < 1.29 is 0 Å². The van der Waals surface area contributed by atoms with E-state index in [0.29, 0.717) is 21.8 Å². The minimum atomic E-state index is 0.380. The third-order valence-electron chi connectivity index (χ3n) is 2.56. The fraction of sp³-hybridized carbons (Fsp3) is 0.400. The summed E-state index contributed by atoms with van der Waals surface area (Å²) >= 11 is 11.9. The van der Waals surface area contributed by atoms with Gasteiger partial charge in [0, 0.05) is 6.04 Å². The molecule has 0 bridgehead atoms. The highest BCUT2D eigenvalue weighted by molar-refractivity contribution is 6.38. The lowest BCUT2D eigenvalue weighted by atomic mass is 10.1. The van der Waals surface area contributed by atoms with Crippen molar-refractivity contribution in [3.05, 3.63) is 27.7 Å². The summed E-state index contributed by atoms with van der Waals surface area (Å²) < 4.78 is 0. The lowest BCUT2D eigenvalue weighted by Gasteiger charge is -2.12. The lowest BCUT2D eigenvalue weighted by molar-refractivity contribution is 0.648. The fourth-order valence-corrected chi connectivity index (χ4v) is 2.28.